The molecule has 2 amide bonds. The number of anilines is 1. The standard InChI is InChI=1S/C21H16BrN3O2/c22-18-8-4-5-15(13-18)14-23-25-21(27)17-9-11-19(12-10-17)24-20(26)16-6-2-1-3-7-16/h1-14H,(H,24,26)(H,25,27)/b23-14-. The van der Waals surface area contributed by atoms with Crippen molar-refractivity contribution in [2.75, 3.05) is 5.32 Å². The Balaban J connectivity index is 1.58. The number of halogens is 1. The molecule has 0 aliphatic heterocycles. The van der Waals surface area contributed by atoms with Gasteiger partial charge in [0.25, 0.3) is 11.8 Å². The number of carbonyl (C=O) groups is 2. The van der Waals surface area contributed by atoms with Gasteiger partial charge < -0.3 is 5.32 Å². The van der Waals surface area contributed by atoms with Gasteiger partial charge in [0.1, 0.15) is 0 Å². The molecule has 0 saturated heterocycles. The van der Waals surface area contributed by atoms with Crippen molar-refractivity contribution >= 4 is 39.6 Å². The van der Waals surface area contributed by atoms with Crippen LogP contribution in [-0.2, 0) is 0 Å². The van der Waals surface area contributed by atoms with E-state index in [2.05, 4.69) is 31.8 Å². The Morgan fingerprint density at radius 1 is 0.815 bits per heavy atom. The minimum Gasteiger partial charge on any atom is -0.322 e. The molecule has 0 fully saturated rings. The van der Waals surface area contributed by atoms with Gasteiger partial charge in [-0.15, -0.1) is 0 Å². The van der Waals surface area contributed by atoms with Crippen LogP contribution in [0.2, 0.25) is 0 Å². The summed E-state index contributed by atoms with van der Waals surface area (Å²) in [5, 5.41) is 6.74. The first-order valence-corrected chi connectivity index (χ1v) is 8.96. The number of rotatable bonds is 5. The summed E-state index contributed by atoms with van der Waals surface area (Å²) in [4.78, 5) is 24.3. The lowest BCUT2D eigenvalue weighted by atomic mass is 10.1. The summed E-state index contributed by atoms with van der Waals surface area (Å²) < 4.78 is 0.936. The summed E-state index contributed by atoms with van der Waals surface area (Å²) in [6, 6.07) is 23.1. The van der Waals surface area contributed by atoms with E-state index in [1.54, 1.807) is 54.7 Å². The van der Waals surface area contributed by atoms with E-state index in [1.807, 2.05) is 30.3 Å². The predicted octanol–water partition coefficient (Wildman–Crippen LogP) is 4.47. The summed E-state index contributed by atoms with van der Waals surface area (Å²) in [6.07, 6.45) is 1.57. The predicted molar refractivity (Wildman–Crippen MR) is 110 cm³/mol. The number of hydrogen-bond acceptors (Lipinski definition) is 3. The second-order valence-electron chi connectivity index (χ2n) is 5.65. The minimum absolute atomic E-state index is 0.202. The third-order valence-corrected chi connectivity index (χ3v) is 4.16. The second kappa shape index (κ2) is 8.91. The minimum atomic E-state index is -0.331. The molecule has 27 heavy (non-hydrogen) atoms. The molecule has 0 spiro atoms. The van der Waals surface area contributed by atoms with E-state index < -0.39 is 0 Å². The molecule has 0 bridgehead atoms. The number of nitrogens with zero attached hydrogens (tertiary/aromatic N) is 1. The maximum Gasteiger partial charge on any atom is 0.271 e. The largest absolute Gasteiger partial charge is 0.322 e. The monoisotopic (exact) mass is 421 g/mol. The third kappa shape index (κ3) is 5.36. The molecule has 134 valence electrons. The van der Waals surface area contributed by atoms with Crippen molar-refractivity contribution in [3.05, 3.63) is 100 Å². The van der Waals surface area contributed by atoms with E-state index in [4.69, 9.17) is 0 Å². The average molecular weight is 422 g/mol. The van der Waals surface area contributed by atoms with Crippen LogP contribution in [0.4, 0.5) is 5.69 Å². The first-order chi connectivity index (χ1) is 13.1. The Bertz CT molecular complexity index is 970. The molecule has 0 saturated carbocycles. The molecule has 0 aliphatic rings. The van der Waals surface area contributed by atoms with E-state index in [0.717, 1.165) is 10.0 Å². The van der Waals surface area contributed by atoms with Crippen LogP contribution in [0, 0.1) is 0 Å². The second-order valence-corrected chi connectivity index (χ2v) is 6.57. The van der Waals surface area contributed by atoms with Crippen LogP contribution in [0.1, 0.15) is 26.3 Å². The zero-order chi connectivity index (χ0) is 19.1. The quantitative estimate of drug-likeness (QED) is 0.471. The zero-order valence-corrected chi connectivity index (χ0v) is 15.8. The van der Waals surface area contributed by atoms with Crippen molar-refractivity contribution < 1.29 is 9.59 Å². The van der Waals surface area contributed by atoms with E-state index in [0.29, 0.717) is 16.8 Å². The van der Waals surface area contributed by atoms with Gasteiger partial charge in [0, 0.05) is 21.3 Å². The third-order valence-electron chi connectivity index (χ3n) is 3.67. The fourth-order valence-corrected chi connectivity index (χ4v) is 2.73. The van der Waals surface area contributed by atoms with Gasteiger partial charge in [-0.05, 0) is 54.1 Å². The van der Waals surface area contributed by atoms with Gasteiger partial charge in [-0.25, -0.2) is 5.43 Å². The molecule has 6 heteroatoms. The number of carbonyl (C=O) groups excluding carboxylic acids is 2. The zero-order valence-electron chi connectivity index (χ0n) is 14.2. The highest BCUT2D eigenvalue weighted by molar-refractivity contribution is 9.10. The van der Waals surface area contributed by atoms with Crippen LogP contribution < -0.4 is 10.7 Å². The van der Waals surface area contributed by atoms with Gasteiger partial charge in [-0.3, -0.25) is 9.59 Å². The normalized spacial score (nSPS) is 10.6. The van der Waals surface area contributed by atoms with Gasteiger partial charge in [-0.1, -0.05) is 46.3 Å². The van der Waals surface area contributed by atoms with Gasteiger partial charge in [0.05, 0.1) is 6.21 Å². The van der Waals surface area contributed by atoms with Crippen LogP contribution in [0.5, 0.6) is 0 Å². The summed E-state index contributed by atoms with van der Waals surface area (Å²) in [5.41, 5.74) is 4.97. The molecular formula is C21H16BrN3O2. The smallest absolute Gasteiger partial charge is 0.271 e. The Labute approximate surface area is 165 Å². The topological polar surface area (TPSA) is 70.6 Å². The van der Waals surface area contributed by atoms with Gasteiger partial charge in [-0.2, -0.15) is 5.10 Å². The molecule has 2 N–H and O–H groups in total. The molecule has 0 aliphatic carbocycles. The van der Waals surface area contributed by atoms with E-state index in [-0.39, 0.29) is 11.8 Å². The van der Waals surface area contributed by atoms with E-state index in [9.17, 15) is 9.59 Å². The number of hydrazone groups is 1. The SMILES string of the molecule is O=C(N/N=C\c1cccc(Br)c1)c1ccc(NC(=O)c2ccccc2)cc1. The van der Waals surface area contributed by atoms with Crippen molar-refractivity contribution in [2.24, 2.45) is 5.10 Å². The number of amides is 2. The molecule has 3 aromatic rings. The maximum atomic E-state index is 12.1. The van der Waals surface area contributed by atoms with Crippen molar-refractivity contribution in [1.82, 2.24) is 5.43 Å². The summed E-state index contributed by atoms with van der Waals surface area (Å²) in [7, 11) is 0. The number of benzene rings is 3. The van der Waals surface area contributed by atoms with Gasteiger partial charge in [0.15, 0.2) is 0 Å². The van der Waals surface area contributed by atoms with Crippen LogP contribution in [-0.4, -0.2) is 18.0 Å². The number of nitrogens with one attached hydrogen (secondary N) is 2. The van der Waals surface area contributed by atoms with Gasteiger partial charge in [0.2, 0.25) is 0 Å². The fraction of sp³-hybridized carbons (Fsp3) is 0. The lowest BCUT2D eigenvalue weighted by Gasteiger charge is -2.06. The van der Waals surface area contributed by atoms with Crippen LogP contribution in [0.25, 0.3) is 0 Å². The molecule has 0 atom stereocenters. The van der Waals surface area contributed by atoms with Crippen LogP contribution in [0.15, 0.2) is 88.4 Å². The van der Waals surface area contributed by atoms with Crippen molar-refractivity contribution in [2.45, 2.75) is 0 Å². The Morgan fingerprint density at radius 2 is 1.52 bits per heavy atom. The molecule has 0 unspecified atom stereocenters. The molecular weight excluding hydrogens is 406 g/mol. The highest BCUT2D eigenvalue weighted by Gasteiger charge is 2.07. The van der Waals surface area contributed by atoms with E-state index in [1.165, 1.54) is 0 Å². The Morgan fingerprint density at radius 3 is 2.22 bits per heavy atom. The Hall–Kier alpha value is -3.25. The first kappa shape index (κ1) is 18.5. The summed E-state index contributed by atoms with van der Waals surface area (Å²) in [5.74, 6) is -0.534. The van der Waals surface area contributed by atoms with E-state index >= 15 is 0 Å². The first-order valence-electron chi connectivity index (χ1n) is 8.17. The van der Waals surface area contributed by atoms with Crippen molar-refractivity contribution in [3.63, 3.8) is 0 Å². The molecule has 3 aromatic carbocycles. The molecule has 0 heterocycles. The lowest BCUT2D eigenvalue weighted by Crippen LogP contribution is -2.17. The van der Waals surface area contributed by atoms with Crippen molar-refractivity contribution in [3.8, 4) is 0 Å². The van der Waals surface area contributed by atoms with Crippen LogP contribution in [0.3, 0.4) is 0 Å². The highest BCUT2D eigenvalue weighted by Crippen LogP contribution is 2.12. The van der Waals surface area contributed by atoms with Crippen molar-refractivity contribution in [1.29, 1.82) is 0 Å². The summed E-state index contributed by atoms with van der Waals surface area (Å²) in [6.45, 7) is 0. The number of hydrogen-bond donors (Lipinski definition) is 2. The molecule has 0 aromatic heterocycles. The molecule has 5 nitrogen and oxygen atoms in total. The summed E-state index contributed by atoms with van der Waals surface area (Å²) >= 11 is 3.38. The van der Waals surface area contributed by atoms with Crippen LogP contribution >= 0.6 is 15.9 Å². The van der Waals surface area contributed by atoms with Gasteiger partial charge >= 0.3 is 0 Å². The average Bonchev–Trinajstić information content (AvgIpc) is 2.69. The fourth-order valence-electron chi connectivity index (χ4n) is 2.31. The highest BCUT2D eigenvalue weighted by atomic mass is 79.9. The molecule has 3 rings (SSSR count). The molecule has 0 radical (unpaired) electrons. The lowest BCUT2D eigenvalue weighted by molar-refractivity contribution is 0.0954. The Kier molecular flexibility index (Phi) is 6.12. The maximum absolute atomic E-state index is 12.1.